The van der Waals surface area contributed by atoms with Crippen molar-refractivity contribution in [3.05, 3.63) is 95.1 Å². The number of hydrogen-bond donors (Lipinski definition) is 3. The lowest BCUT2D eigenvalue weighted by molar-refractivity contribution is 0.0740. The summed E-state index contributed by atoms with van der Waals surface area (Å²) in [6.45, 7) is 8.24. The molecule has 218 valence electrons. The molecule has 3 N–H and O–H groups in total. The third-order valence-corrected chi connectivity index (χ3v) is 7.30. The fraction of sp³-hybridized carbons (Fsp3) is 0.312. The summed E-state index contributed by atoms with van der Waals surface area (Å²) in [6, 6.07) is 17.6. The van der Waals surface area contributed by atoms with Crippen molar-refractivity contribution in [2.24, 2.45) is 0 Å². The highest BCUT2D eigenvalue weighted by Gasteiger charge is 2.24. The standard InChI is InChI=1S/C32H37N7O3/c1-21-11-12-24(18-26(21)31(41)37(5)14-8-16-40)29-22(2)36-39-28(19-27(32(3,4)42)35-30(29)39)33-20-23-9-6-10-25(17-23)38-15-7-13-34-38/h6-7,9-13,15,17-19,33,40,42H,8,14,16,20H2,1-5H3. The number of carbonyl (C=O) groups is 1. The van der Waals surface area contributed by atoms with Gasteiger partial charge in [-0.25, -0.2) is 9.67 Å². The zero-order valence-corrected chi connectivity index (χ0v) is 24.7. The molecule has 3 aromatic heterocycles. The average Bonchev–Trinajstić information content (AvgIpc) is 3.62. The minimum Gasteiger partial charge on any atom is -0.396 e. The van der Waals surface area contributed by atoms with Crippen molar-refractivity contribution in [3.8, 4) is 16.8 Å². The zero-order valence-electron chi connectivity index (χ0n) is 24.7. The van der Waals surface area contributed by atoms with E-state index < -0.39 is 5.60 Å². The molecule has 0 unspecified atom stereocenters. The van der Waals surface area contributed by atoms with E-state index in [2.05, 4.69) is 16.5 Å². The van der Waals surface area contributed by atoms with Crippen LogP contribution in [-0.4, -0.2) is 65.6 Å². The van der Waals surface area contributed by atoms with Crippen molar-refractivity contribution in [1.29, 1.82) is 0 Å². The van der Waals surface area contributed by atoms with E-state index in [-0.39, 0.29) is 12.5 Å². The lowest BCUT2D eigenvalue weighted by Crippen LogP contribution is -2.28. The summed E-state index contributed by atoms with van der Waals surface area (Å²) in [5, 5.41) is 32.8. The first kappa shape index (κ1) is 29.0. The van der Waals surface area contributed by atoms with Gasteiger partial charge in [0.1, 0.15) is 11.4 Å². The number of nitrogens with one attached hydrogen (secondary N) is 1. The van der Waals surface area contributed by atoms with Gasteiger partial charge in [0, 0.05) is 56.3 Å². The molecule has 0 spiro atoms. The van der Waals surface area contributed by atoms with Crippen molar-refractivity contribution in [3.63, 3.8) is 0 Å². The van der Waals surface area contributed by atoms with Gasteiger partial charge in [0.05, 0.1) is 17.1 Å². The van der Waals surface area contributed by atoms with Gasteiger partial charge in [0.15, 0.2) is 5.65 Å². The molecule has 3 heterocycles. The van der Waals surface area contributed by atoms with Crippen molar-refractivity contribution in [1.82, 2.24) is 29.3 Å². The Bertz CT molecular complexity index is 1720. The number of anilines is 1. The summed E-state index contributed by atoms with van der Waals surface area (Å²) < 4.78 is 3.57. The van der Waals surface area contributed by atoms with Crippen LogP contribution in [0.3, 0.4) is 0 Å². The van der Waals surface area contributed by atoms with Gasteiger partial charge >= 0.3 is 0 Å². The Hall–Kier alpha value is -4.54. The second kappa shape index (κ2) is 11.8. The summed E-state index contributed by atoms with van der Waals surface area (Å²) >= 11 is 0. The first-order chi connectivity index (χ1) is 20.1. The van der Waals surface area contributed by atoms with Crippen LogP contribution in [-0.2, 0) is 12.1 Å². The molecule has 0 saturated heterocycles. The molecular weight excluding hydrogens is 530 g/mol. The quantitative estimate of drug-likeness (QED) is 0.227. The molecule has 0 aliphatic rings. The van der Waals surface area contributed by atoms with E-state index >= 15 is 0 Å². The van der Waals surface area contributed by atoms with E-state index in [9.17, 15) is 15.0 Å². The monoisotopic (exact) mass is 567 g/mol. The lowest BCUT2D eigenvalue weighted by Gasteiger charge is -2.20. The third kappa shape index (κ3) is 5.90. The topological polar surface area (TPSA) is 121 Å². The van der Waals surface area contributed by atoms with Gasteiger partial charge in [-0.2, -0.15) is 14.7 Å². The van der Waals surface area contributed by atoms with Gasteiger partial charge in [-0.15, -0.1) is 0 Å². The van der Waals surface area contributed by atoms with Crippen LogP contribution in [0.2, 0.25) is 0 Å². The smallest absolute Gasteiger partial charge is 0.253 e. The van der Waals surface area contributed by atoms with E-state index in [0.29, 0.717) is 42.2 Å². The molecular formula is C32H37N7O3. The number of rotatable bonds is 10. The molecule has 0 aliphatic carbocycles. The summed E-state index contributed by atoms with van der Waals surface area (Å²) in [7, 11) is 1.74. The number of aryl methyl sites for hydroxylation is 2. The van der Waals surface area contributed by atoms with Crippen molar-refractivity contribution < 1.29 is 15.0 Å². The molecule has 1 amide bonds. The Kier molecular flexibility index (Phi) is 8.11. The maximum Gasteiger partial charge on any atom is 0.253 e. The Morgan fingerprint density at radius 2 is 1.90 bits per heavy atom. The first-order valence-corrected chi connectivity index (χ1v) is 14.0. The second-order valence-corrected chi connectivity index (χ2v) is 11.1. The minimum atomic E-state index is -1.20. The van der Waals surface area contributed by atoms with Crippen LogP contribution in [0.25, 0.3) is 22.5 Å². The largest absolute Gasteiger partial charge is 0.396 e. The molecule has 5 rings (SSSR count). The second-order valence-electron chi connectivity index (χ2n) is 11.1. The number of nitrogens with zero attached hydrogens (tertiary/aromatic N) is 6. The third-order valence-electron chi connectivity index (χ3n) is 7.30. The number of carbonyl (C=O) groups excluding carboxylic acids is 1. The molecule has 2 aromatic carbocycles. The summed E-state index contributed by atoms with van der Waals surface area (Å²) in [4.78, 5) is 19.7. The molecule has 0 saturated carbocycles. The lowest BCUT2D eigenvalue weighted by atomic mass is 9.98. The fourth-order valence-electron chi connectivity index (χ4n) is 4.95. The number of aliphatic hydroxyl groups excluding tert-OH is 1. The summed E-state index contributed by atoms with van der Waals surface area (Å²) in [5.74, 6) is 0.574. The number of aromatic nitrogens is 5. The molecule has 0 aliphatic heterocycles. The number of amides is 1. The molecule has 42 heavy (non-hydrogen) atoms. The van der Waals surface area contributed by atoms with Gasteiger partial charge in [-0.05, 0) is 75.1 Å². The van der Waals surface area contributed by atoms with Crippen LogP contribution in [0.15, 0.2) is 67.0 Å². The zero-order chi connectivity index (χ0) is 30.0. The SMILES string of the molecule is Cc1ccc(-c2c(C)nn3c(NCc4cccc(-n5cccn5)c4)cc(C(C)(C)O)nc23)cc1C(=O)N(C)CCCO. The van der Waals surface area contributed by atoms with E-state index in [1.165, 1.54) is 0 Å². The maximum atomic E-state index is 13.3. The average molecular weight is 568 g/mol. The molecule has 5 aromatic rings. The van der Waals surface area contributed by atoms with Crippen LogP contribution >= 0.6 is 0 Å². The summed E-state index contributed by atoms with van der Waals surface area (Å²) in [5.41, 5.74) is 5.68. The predicted octanol–water partition coefficient (Wildman–Crippen LogP) is 4.49. The Morgan fingerprint density at radius 1 is 1.10 bits per heavy atom. The Morgan fingerprint density at radius 3 is 2.62 bits per heavy atom. The minimum absolute atomic E-state index is 0.0274. The molecule has 0 bridgehead atoms. The fourth-order valence-corrected chi connectivity index (χ4v) is 4.95. The van der Waals surface area contributed by atoms with E-state index in [1.54, 1.807) is 36.5 Å². The van der Waals surface area contributed by atoms with Crippen LogP contribution in [0.4, 0.5) is 5.82 Å². The molecule has 0 atom stereocenters. The Labute approximate surface area is 245 Å². The number of hydrogen-bond acceptors (Lipinski definition) is 7. The predicted molar refractivity (Wildman–Crippen MR) is 163 cm³/mol. The van der Waals surface area contributed by atoms with Crippen LogP contribution < -0.4 is 5.32 Å². The number of benzene rings is 2. The molecule has 0 fully saturated rings. The van der Waals surface area contributed by atoms with Crippen molar-refractivity contribution >= 4 is 17.4 Å². The normalized spacial score (nSPS) is 11.7. The summed E-state index contributed by atoms with van der Waals surface area (Å²) in [6.07, 6.45) is 4.16. The molecule has 10 nitrogen and oxygen atoms in total. The van der Waals surface area contributed by atoms with Gasteiger partial charge in [-0.1, -0.05) is 24.3 Å². The van der Waals surface area contributed by atoms with Crippen LogP contribution in [0.1, 0.15) is 53.1 Å². The highest BCUT2D eigenvalue weighted by molar-refractivity contribution is 5.97. The van der Waals surface area contributed by atoms with Crippen molar-refractivity contribution in [2.45, 2.75) is 46.3 Å². The van der Waals surface area contributed by atoms with Crippen LogP contribution in [0.5, 0.6) is 0 Å². The van der Waals surface area contributed by atoms with Crippen LogP contribution in [0, 0.1) is 13.8 Å². The number of fused-ring (bicyclic) bond motifs is 1. The first-order valence-electron chi connectivity index (χ1n) is 14.0. The number of aliphatic hydroxyl groups is 2. The Balaban J connectivity index is 1.55. The highest BCUT2D eigenvalue weighted by Crippen LogP contribution is 2.33. The van der Waals surface area contributed by atoms with Crippen molar-refractivity contribution in [2.75, 3.05) is 25.5 Å². The van der Waals surface area contributed by atoms with Gasteiger partial charge in [-0.3, -0.25) is 4.79 Å². The highest BCUT2D eigenvalue weighted by atomic mass is 16.3. The molecule has 0 radical (unpaired) electrons. The van der Waals surface area contributed by atoms with Gasteiger partial charge < -0.3 is 20.4 Å². The molecule has 10 heteroatoms. The van der Waals surface area contributed by atoms with Gasteiger partial charge in [0.25, 0.3) is 5.91 Å². The van der Waals surface area contributed by atoms with E-state index in [1.807, 2.05) is 73.3 Å². The maximum absolute atomic E-state index is 13.3. The van der Waals surface area contributed by atoms with E-state index in [4.69, 9.17) is 10.1 Å². The van der Waals surface area contributed by atoms with Gasteiger partial charge in [0.2, 0.25) is 0 Å². The van der Waals surface area contributed by atoms with E-state index in [0.717, 1.165) is 33.6 Å².